The van der Waals surface area contributed by atoms with Gasteiger partial charge < -0.3 is 20.1 Å². The predicted molar refractivity (Wildman–Crippen MR) is 125 cm³/mol. The number of phenols is 1. The van der Waals surface area contributed by atoms with Gasteiger partial charge in [-0.25, -0.2) is 8.42 Å². The van der Waals surface area contributed by atoms with E-state index in [1.54, 1.807) is 38.1 Å². The normalized spacial score (nSPS) is 16.3. The molecule has 0 spiro atoms. The maximum Gasteiger partial charge on any atom is 0.243 e. The Morgan fingerprint density at radius 3 is 2.55 bits per heavy atom. The van der Waals surface area contributed by atoms with Gasteiger partial charge in [0, 0.05) is 26.1 Å². The van der Waals surface area contributed by atoms with Crippen LogP contribution in [0.4, 0.5) is 11.4 Å². The number of nitrogens with zero attached hydrogens (tertiary/aromatic N) is 2. The lowest BCUT2D eigenvalue weighted by Crippen LogP contribution is -2.31. The van der Waals surface area contributed by atoms with E-state index >= 15 is 0 Å². The Balaban J connectivity index is 1.79. The summed E-state index contributed by atoms with van der Waals surface area (Å²) in [6, 6.07) is 10.9. The third kappa shape index (κ3) is 5.12. The summed E-state index contributed by atoms with van der Waals surface area (Å²) >= 11 is 0. The van der Waals surface area contributed by atoms with Crippen LogP contribution >= 0.6 is 0 Å². The Kier molecular flexibility index (Phi) is 7.60. The van der Waals surface area contributed by atoms with Crippen molar-refractivity contribution >= 4 is 33.2 Å². The lowest BCUT2D eigenvalue weighted by Gasteiger charge is -2.20. The molecule has 1 unspecified atom stereocenters. The van der Waals surface area contributed by atoms with Crippen LogP contribution in [0, 0.1) is 5.92 Å². The number of ether oxygens (including phenoxy) is 1. The fourth-order valence-corrected chi connectivity index (χ4v) is 5.28. The maximum atomic E-state index is 12.9. The number of anilines is 2. The molecule has 1 saturated heterocycles. The topological polar surface area (TPSA) is 116 Å². The van der Waals surface area contributed by atoms with Gasteiger partial charge in [-0.3, -0.25) is 9.59 Å². The van der Waals surface area contributed by atoms with Crippen molar-refractivity contribution in [2.24, 2.45) is 5.92 Å². The standard InChI is InChI=1S/C23H29N3O6S/c1-4-25(5-2)33(30,31)17-11-12-20(27)18(14-17)24-23(29)16-13-22(28)26(15-16)19-9-7-8-10-21(19)32-6-3/h7-12,14,16,27H,4-6,13,15H2,1-3H3,(H,24,29). The fraction of sp³-hybridized carbons (Fsp3) is 0.391. The van der Waals surface area contributed by atoms with Crippen molar-refractivity contribution in [1.29, 1.82) is 0 Å². The summed E-state index contributed by atoms with van der Waals surface area (Å²) in [5.41, 5.74) is 0.573. The van der Waals surface area contributed by atoms with E-state index in [1.807, 2.05) is 6.92 Å². The lowest BCUT2D eigenvalue weighted by molar-refractivity contribution is -0.122. The average molecular weight is 476 g/mol. The number of nitrogens with one attached hydrogen (secondary N) is 1. The molecule has 2 aromatic carbocycles. The molecule has 33 heavy (non-hydrogen) atoms. The van der Waals surface area contributed by atoms with Crippen molar-refractivity contribution in [3.63, 3.8) is 0 Å². The van der Waals surface area contributed by atoms with E-state index in [2.05, 4.69) is 5.32 Å². The third-order valence-corrected chi connectivity index (χ3v) is 7.57. The van der Waals surface area contributed by atoms with Gasteiger partial charge in [-0.05, 0) is 37.3 Å². The van der Waals surface area contributed by atoms with Crippen LogP contribution < -0.4 is 15.0 Å². The average Bonchev–Trinajstić information content (AvgIpc) is 3.18. The Morgan fingerprint density at radius 1 is 1.18 bits per heavy atom. The number of hydrogen-bond acceptors (Lipinski definition) is 6. The minimum absolute atomic E-state index is 0.00943. The number of phenolic OH excluding ortho intramolecular Hbond substituents is 1. The van der Waals surface area contributed by atoms with Crippen LogP contribution in [0.3, 0.4) is 0 Å². The quantitative estimate of drug-likeness (QED) is 0.539. The summed E-state index contributed by atoms with van der Waals surface area (Å²) in [4.78, 5) is 27.0. The van der Waals surface area contributed by atoms with Crippen LogP contribution in [0.1, 0.15) is 27.2 Å². The monoisotopic (exact) mass is 475 g/mol. The smallest absolute Gasteiger partial charge is 0.243 e. The van der Waals surface area contributed by atoms with Crippen LogP contribution in [0.5, 0.6) is 11.5 Å². The summed E-state index contributed by atoms with van der Waals surface area (Å²) in [7, 11) is -3.76. The van der Waals surface area contributed by atoms with E-state index in [-0.39, 0.29) is 35.2 Å². The van der Waals surface area contributed by atoms with Crippen LogP contribution in [-0.4, -0.2) is 55.9 Å². The Bertz CT molecular complexity index is 1130. The number of carbonyl (C=O) groups is 2. The predicted octanol–water partition coefficient (Wildman–Crippen LogP) is 2.81. The van der Waals surface area contributed by atoms with Gasteiger partial charge in [0.1, 0.15) is 11.5 Å². The number of hydrogen-bond donors (Lipinski definition) is 2. The highest BCUT2D eigenvalue weighted by Crippen LogP contribution is 2.34. The second kappa shape index (κ2) is 10.2. The number of amides is 2. The van der Waals surface area contributed by atoms with E-state index in [4.69, 9.17) is 4.74 Å². The first-order valence-corrected chi connectivity index (χ1v) is 12.3. The molecule has 1 fully saturated rings. The molecule has 0 bridgehead atoms. The molecular formula is C23H29N3O6S. The maximum absolute atomic E-state index is 12.9. The second-order valence-electron chi connectivity index (χ2n) is 7.56. The molecule has 0 saturated carbocycles. The van der Waals surface area contributed by atoms with Crippen molar-refractivity contribution in [2.45, 2.75) is 32.1 Å². The molecule has 9 nitrogen and oxygen atoms in total. The molecule has 2 N–H and O–H groups in total. The molecule has 3 rings (SSSR count). The number of aromatic hydroxyl groups is 1. The molecule has 1 atom stereocenters. The Labute approximate surface area is 194 Å². The number of para-hydroxylation sites is 2. The summed E-state index contributed by atoms with van der Waals surface area (Å²) in [6.07, 6.45) is -0.00943. The van der Waals surface area contributed by atoms with Gasteiger partial charge in [-0.2, -0.15) is 4.31 Å². The van der Waals surface area contributed by atoms with Crippen molar-refractivity contribution in [3.05, 3.63) is 42.5 Å². The molecular weight excluding hydrogens is 446 g/mol. The zero-order valence-electron chi connectivity index (χ0n) is 18.9. The van der Waals surface area contributed by atoms with Gasteiger partial charge >= 0.3 is 0 Å². The zero-order valence-corrected chi connectivity index (χ0v) is 19.8. The van der Waals surface area contributed by atoms with Gasteiger partial charge in [0.15, 0.2) is 0 Å². The minimum atomic E-state index is -3.76. The van der Waals surface area contributed by atoms with Gasteiger partial charge in [0.25, 0.3) is 0 Å². The van der Waals surface area contributed by atoms with E-state index in [0.717, 1.165) is 0 Å². The van der Waals surface area contributed by atoms with Crippen LogP contribution in [-0.2, 0) is 19.6 Å². The molecule has 1 aliphatic rings. The van der Waals surface area contributed by atoms with E-state index in [1.165, 1.54) is 27.4 Å². The highest BCUT2D eigenvalue weighted by Gasteiger charge is 2.36. The van der Waals surface area contributed by atoms with Crippen molar-refractivity contribution in [2.75, 3.05) is 36.5 Å². The van der Waals surface area contributed by atoms with Crippen LogP contribution in [0.15, 0.2) is 47.4 Å². The van der Waals surface area contributed by atoms with E-state index < -0.39 is 21.8 Å². The van der Waals surface area contributed by atoms with Crippen LogP contribution in [0.2, 0.25) is 0 Å². The van der Waals surface area contributed by atoms with Gasteiger partial charge in [0.05, 0.1) is 28.8 Å². The first-order valence-electron chi connectivity index (χ1n) is 10.9. The third-order valence-electron chi connectivity index (χ3n) is 5.52. The van der Waals surface area contributed by atoms with Gasteiger partial charge in [-0.15, -0.1) is 0 Å². The number of benzene rings is 2. The number of rotatable bonds is 9. The van der Waals surface area contributed by atoms with E-state index in [0.29, 0.717) is 31.1 Å². The van der Waals surface area contributed by atoms with Crippen LogP contribution in [0.25, 0.3) is 0 Å². The number of sulfonamides is 1. The largest absolute Gasteiger partial charge is 0.506 e. The fourth-order valence-electron chi connectivity index (χ4n) is 3.80. The molecule has 1 aliphatic heterocycles. The summed E-state index contributed by atoms with van der Waals surface area (Å²) in [6.45, 7) is 6.49. The highest BCUT2D eigenvalue weighted by molar-refractivity contribution is 7.89. The first kappa shape index (κ1) is 24.5. The van der Waals surface area contributed by atoms with Crippen molar-refractivity contribution in [1.82, 2.24) is 4.31 Å². The summed E-state index contributed by atoms with van der Waals surface area (Å²) < 4.78 is 32.5. The Morgan fingerprint density at radius 2 is 1.88 bits per heavy atom. The first-order chi connectivity index (χ1) is 15.7. The lowest BCUT2D eigenvalue weighted by atomic mass is 10.1. The van der Waals surface area contributed by atoms with Crippen molar-refractivity contribution < 1.29 is 27.9 Å². The zero-order chi connectivity index (χ0) is 24.2. The van der Waals surface area contributed by atoms with Crippen molar-refractivity contribution in [3.8, 4) is 11.5 Å². The molecule has 0 aromatic heterocycles. The number of carbonyl (C=O) groups excluding carboxylic acids is 2. The SMILES string of the molecule is CCOc1ccccc1N1CC(C(=O)Nc2cc(S(=O)(=O)N(CC)CC)ccc2O)CC1=O. The molecule has 0 aliphatic carbocycles. The molecule has 2 aromatic rings. The molecule has 178 valence electrons. The van der Waals surface area contributed by atoms with Gasteiger partial charge in [0.2, 0.25) is 21.8 Å². The minimum Gasteiger partial charge on any atom is -0.506 e. The summed E-state index contributed by atoms with van der Waals surface area (Å²) in [5, 5.41) is 12.8. The second-order valence-corrected chi connectivity index (χ2v) is 9.50. The molecule has 10 heteroatoms. The van der Waals surface area contributed by atoms with Gasteiger partial charge in [-0.1, -0.05) is 26.0 Å². The molecule has 0 radical (unpaired) electrons. The molecule has 1 heterocycles. The highest BCUT2D eigenvalue weighted by atomic mass is 32.2. The van der Waals surface area contributed by atoms with E-state index in [9.17, 15) is 23.1 Å². The molecule has 2 amide bonds. The Hall–Kier alpha value is -3.11. The summed E-state index contributed by atoms with van der Waals surface area (Å²) in [5.74, 6) is -1.07.